The Bertz CT molecular complexity index is 818. The van der Waals surface area contributed by atoms with Crippen molar-refractivity contribution >= 4 is 11.8 Å². The third kappa shape index (κ3) is 4.19. The predicted molar refractivity (Wildman–Crippen MR) is 97.1 cm³/mol. The number of furan rings is 1. The first-order valence-corrected chi connectivity index (χ1v) is 8.84. The number of hydrogen-bond donors (Lipinski definition) is 1. The number of rotatable bonds is 6. The number of amides is 2. The van der Waals surface area contributed by atoms with Crippen LogP contribution in [0.2, 0.25) is 0 Å². The van der Waals surface area contributed by atoms with Crippen LogP contribution in [0.5, 0.6) is 0 Å². The van der Waals surface area contributed by atoms with Gasteiger partial charge in [0, 0.05) is 32.4 Å². The monoisotopic (exact) mass is 374 g/mol. The molecule has 6 nitrogen and oxygen atoms in total. The molecule has 144 valence electrons. The van der Waals surface area contributed by atoms with Crippen LogP contribution in [0.25, 0.3) is 0 Å². The Labute approximate surface area is 157 Å². The number of nitrogens with zero attached hydrogens (tertiary/aromatic N) is 1. The van der Waals surface area contributed by atoms with Crippen molar-refractivity contribution in [3.63, 3.8) is 0 Å². The van der Waals surface area contributed by atoms with E-state index in [1.807, 2.05) is 0 Å². The molecule has 1 saturated heterocycles. The number of aryl methyl sites for hydroxylation is 1. The van der Waals surface area contributed by atoms with Gasteiger partial charge in [-0.3, -0.25) is 9.59 Å². The second-order valence-corrected chi connectivity index (χ2v) is 6.85. The highest BCUT2D eigenvalue weighted by molar-refractivity contribution is 5.96. The SMILES string of the molecule is COCCC1(NC(=O)c2ccc(F)cc2)CCN(C(=O)c2ccoc2C)C1. The maximum atomic E-state index is 13.1. The lowest BCUT2D eigenvalue weighted by Crippen LogP contribution is -2.51. The third-order valence-electron chi connectivity index (χ3n) is 5.00. The summed E-state index contributed by atoms with van der Waals surface area (Å²) in [5, 5.41) is 3.05. The molecule has 0 bridgehead atoms. The fourth-order valence-electron chi connectivity index (χ4n) is 3.40. The highest BCUT2D eigenvalue weighted by atomic mass is 19.1. The molecule has 0 aliphatic carbocycles. The maximum Gasteiger partial charge on any atom is 0.257 e. The zero-order chi connectivity index (χ0) is 19.4. The average Bonchev–Trinajstić information content (AvgIpc) is 3.27. The standard InChI is InChI=1S/C20H23FN2O4/c1-14-17(7-11-27-14)19(25)23-10-8-20(13-23,9-12-26-2)22-18(24)15-3-5-16(21)6-4-15/h3-7,11H,8-10,12-13H2,1-2H3,(H,22,24). The van der Waals surface area contributed by atoms with Crippen LogP contribution in [-0.2, 0) is 4.74 Å². The topological polar surface area (TPSA) is 71.8 Å². The van der Waals surface area contributed by atoms with Gasteiger partial charge in [0.25, 0.3) is 11.8 Å². The summed E-state index contributed by atoms with van der Waals surface area (Å²) >= 11 is 0. The van der Waals surface area contributed by atoms with E-state index in [0.29, 0.717) is 49.4 Å². The van der Waals surface area contributed by atoms with Crippen LogP contribution in [0, 0.1) is 12.7 Å². The molecule has 2 amide bonds. The van der Waals surface area contributed by atoms with Crippen molar-refractivity contribution < 1.29 is 23.1 Å². The predicted octanol–water partition coefficient (Wildman–Crippen LogP) is 2.78. The number of hydrogen-bond acceptors (Lipinski definition) is 4. The Hall–Kier alpha value is -2.67. The minimum atomic E-state index is -0.589. The minimum Gasteiger partial charge on any atom is -0.469 e. The Morgan fingerprint density at radius 1 is 1.30 bits per heavy atom. The molecule has 1 aromatic carbocycles. The molecular weight excluding hydrogens is 351 g/mol. The van der Waals surface area contributed by atoms with Gasteiger partial charge in [0.2, 0.25) is 0 Å². The number of benzene rings is 1. The molecule has 3 rings (SSSR count). The smallest absolute Gasteiger partial charge is 0.257 e. The van der Waals surface area contributed by atoms with Gasteiger partial charge in [-0.05, 0) is 50.1 Å². The normalized spacial score (nSPS) is 19.3. The molecule has 1 aliphatic rings. The van der Waals surface area contributed by atoms with Crippen LogP contribution in [-0.4, -0.2) is 49.1 Å². The number of carbonyl (C=O) groups is 2. The Kier molecular flexibility index (Phi) is 5.60. The Morgan fingerprint density at radius 2 is 2.04 bits per heavy atom. The van der Waals surface area contributed by atoms with E-state index in [4.69, 9.17) is 9.15 Å². The van der Waals surface area contributed by atoms with Gasteiger partial charge in [0.1, 0.15) is 11.6 Å². The molecule has 1 aliphatic heterocycles. The van der Waals surface area contributed by atoms with E-state index in [-0.39, 0.29) is 11.8 Å². The van der Waals surface area contributed by atoms with Crippen LogP contribution in [0.3, 0.4) is 0 Å². The van der Waals surface area contributed by atoms with E-state index in [1.54, 1.807) is 25.0 Å². The molecule has 2 aromatic rings. The Morgan fingerprint density at radius 3 is 2.67 bits per heavy atom. The van der Waals surface area contributed by atoms with Gasteiger partial charge < -0.3 is 19.4 Å². The highest BCUT2D eigenvalue weighted by Gasteiger charge is 2.41. The van der Waals surface area contributed by atoms with E-state index in [2.05, 4.69) is 5.32 Å². The summed E-state index contributed by atoms with van der Waals surface area (Å²) in [6, 6.07) is 7.05. The van der Waals surface area contributed by atoms with Crippen LogP contribution >= 0.6 is 0 Å². The Balaban J connectivity index is 1.75. The van der Waals surface area contributed by atoms with Crippen molar-refractivity contribution in [2.24, 2.45) is 0 Å². The minimum absolute atomic E-state index is 0.114. The summed E-state index contributed by atoms with van der Waals surface area (Å²) in [5.74, 6) is -0.227. The van der Waals surface area contributed by atoms with Crippen molar-refractivity contribution in [2.75, 3.05) is 26.8 Å². The lowest BCUT2D eigenvalue weighted by Gasteiger charge is -2.30. The van der Waals surface area contributed by atoms with Gasteiger partial charge in [0.15, 0.2) is 0 Å². The lowest BCUT2D eigenvalue weighted by atomic mass is 9.93. The van der Waals surface area contributed by atoms with Crippen LogP contribution in [0.1, 0.15) is 39.3 Å². The molecule has 1 atom stereocenters. The van der Waals surface area contributed by atoms with Gasteiger partial charge in [-0.2, -0.15) is 0 Å². The van der Waals surface area contributed by atoms with Crippen LogP contribution in [0.4, 0.5) is 4.39 Å². The highest BCUT2D eigenvalue weighted by Crippen LogP contribution is 2.28. The quantitative estimate of drug-likeness (QED) is 0.844. The van der Waals surface area contributed by atoms with E-state index >= 15 is 0 Å². The zero-order valence-corrected chi connectivity index (χ0v) is 15.5. The third-order valence-corrected chi connectivity index (χ3v) is 5.00. The molecule has 0 radical (unpaired) electrons. The number of carbonyl (C=O) groups excluding carboxylic acids is 2. The molecule has 27 heavy (non-hydrogen) atoms. The molecule has 2 heterocycles. The first-order valence-electron chi connectivity index (χ1n) is 8.84. The number of nitrogens with one attached hydrogen (secondary N) is 1. The fraction of sp³-hybridized carbons (Fsp3) is 0.400. The molecule has 1 unspecified atom stereocenters. The summed E-state index contributed by atoms with van der Waals surface area (Å²) in [5.41, 5.74) is 0.320. The molecule has 0 saturated carbocycles. The van der Waals surface area contributed by atoms with Gasteiger partial charge >= 0.3 is 0 Å². The molecule has 1 aromatic heterocycles. The summed E-state index contributed by atoms with van der Waals surface area (Å²) in [6.45, 7) is 3.11. The van der Waals surface area contributed by atoms with Crippen molar-refractivity contribution in [2.45, 2.75) is 25.3 Å². The van der Waals surface area contributed by atoms with Crippen molar-refractivity contribution in [3.05, 3.63) is 59.3 Å². The van der Waals surface area contributed by atoms with Crippen molar-refractivity contribution in [3.8, 4) is 0 Å². The average molecular weight is 374 g/mol. The molecule has 1 fully saturated rings. The number of halogens is 1. The van der Waals surface area contributed by atoms with E-state index in [1.165, 1.54) is 30.5 Å². The summed E-state index contributed by atoms with van der Waals surface area (Å²) in [4.78, 5) is 27.1. The molecule has 1 N–H and O–H groups in total. The van der Waals surface area contributed by atoms with Gasteiger partial charge in [-0.15, -0.1) is 0 Å². The molecule has 0 spiro atoms. The summed E-state index contributed by atoms with van der Waals surface area (Å²) in [7, 11) is 1.60. The van der Waals surface area contributed by atoms with Gasteiger partial charge in [-0.25, -0.2) is 4.39 Å². The largest absolute Gasteiger partial charge is 0.469 e. The summed E-state index contributed by atoms with van der Waals surface area (Å²) < 4.78 is 23.5. The van der Waals surface area contributed by atoms with Crippen molar-refractivity contribution in [1.29, 1.82) is 0 Å². The van der Waals surface area contributed by atoms with Crippen LogP contribution < -0.4 is 5.32 Å². The lowest BCUT2D eigenvalue weighted by molar-refractivity contribution is 0.0745. The second kappa shape index (κ2) is 7.92. The zero-order valence-electron chi connectivity index (χ0n) is 15.5. The van der Waals surface area contributed by atoms with E-state index in [9.17, 15) is 14.0 Å². The number of likely N-dealkylation sites (tertiary alicyclic amines) is 1. The van der Waals surface area contributed by atoms with Gasteiger partial charge in [-0.1, -0.05) is 0 Å². The van der Waals surface area contributed by atoms with Crippen molar-refractivity contribution in [1.82, 2.24) is 10.2 Å². The fourth-order valence-corrected chi connectivity index (χ4v) is 3.40. The first kappa shape index (κ1) is 19.1. The summed E-state index contributed by atoms with van der Waals surface area (Å²) in [6.07, 6.45) is 2.68. The number of methoxy groups -OCH3 is 1. The molecule has 7 heteroatoms. The van der Waals surface area contributed by atoms with Gasteiger partial charge in [0.05, 0.1) is 17.4 Å². The second-order valence-electron chi connectivity index (χ2n) is 6.85. The first-order chi connectivity index (χ1) is 12.9. The number of ether oxygens (including phenoxy) is 1. The van der Waals surface area contributed by atoms with E-state index < -0.39 is 11.4 Å². The van der Waals surface area contributed by atoms with E-state index in [0.717, 1.165) is 0 Å². The molecular formula is C20H23FN2O4. The maximum absolute atomic E-state index is 13.1. The van der Waals surface area contributed by atoms with Crippen LogP contribution in [0.15, 0.2) is 41.0 Å².